The summed E-state index contributed by atoms with van der Waals surface area (Å²) >= 11 is 1.53. The first-order chi connectivity index (χ1) is 13.0. The van der Waals surface area contributed by atoms with Gasteiger partial charge in [-0.2, -0.15) is 4.99 Å². The molecule has 3 aromatic rings. The molecule has 1 aromatic heterocycles. The molecule has 0 aliphatic heterocycles. The van der Waals surface area contributed by atoms with Crippen LogP contribution < -0.4 is 14.3 Å². The molecular weight excluding hydrogens is 360 g/mol. The number of methoxy groups -OCH3 is 2. The maximum absolute atomic E-state index is 12.9. The molecule has 0 aliphatic carbocycles. The van der Waals surface area contributed by atoms with Gasteiger partial charge in [0.05, 0.1) is 30.0 Å². The summed E-state index contributed by atoms with van der Waals surface area (Å²) in [6.07, 6.45) is 0. The van der Waals surface area contributed by atoms with Crippen LogP contribution in [0.3, 0.4) is 0 Å². The Kier molecular flexibility index (Phi) is 5.65. The number of benzene rings is 2. The van der Waals surface area contributed by atoms with E-state index in [0.717, 1.165) is 16.8 Å². The zero-order valence-electron chi connectivity index (χ0n) is 16.3. The normalized spacial score (nSPS) is 12.0. The first kappa shape index (κ1) is 19.2. The number of thiazole rings is 1. The van der Waals surface area contributed by atoms with Crippen LogP contribution in [0, 0.1) is 0 Å². The molecule has 0 aliphatic rings. The average molecular weight is 385 g/mol. The maximum atomic E-state index is 12.9. The van der Waals surface area contributed by atoms with E-state index < -0.39 is 0 Å². The zero-order valence-corrected chi connectivity index (χ0v) is 17.1. The molecule has 1 amide bonds. The van der Waals surface area contributed by atoms with Crippen molar-refractivity contribution in [2.45, 2.75) is 33.2 Å². The fourth-order valence-corrected chi connectivity index (χ4v) is 4.18. The van der Waals surface area contributed by atoms with Crippen LogP contribution in [0.1, 0.15) is 42.6 Å². The van der Waals surface area contributed by atoms with Gasteiger partial charge in [0.15, 0.2) is 16.3 Å². The van der Waals surface area contributed by atoms with Gasteiger partial charge in [-0.3, -0.25) is 4.79 Å². The number of nitrogens with zero attached hydrogens (tertiary/aromatic N) is 2. The molecule has 6 heteroatoms. The van der Waals surface area contributed by atoms with Crippen LogP contribution in [-0.2, 0) is 6.54 Å². The molecule has 0 atom stereocenters. The van der Waals surface area contributed by atoms with E-state index >= 15 is 0 Å². The predicted octanol–water partition coefficient (Wildman–Crippen LogP) is 4.60. The number of fused-ring (bicyclic) bond motifs is 1. The van der Waals surface area contributed by atoms with E-state index in [2.05, 4.69) is 48.5 Å². The fraction of sp³-hybridized carbons (Fsp3) is 0.333. The van der Waals surface area contributed by atoms with Crippen molar-refractivity contribution in [3.05, 3.63) is 52.3 Å². The van der Waals surface area contributed by atoms with Crippen molar-refractivity contribution in [3.8, 4) is 11.5 Å². The number of carbonyl (C=O) groups is 1. The molecule has 0 saturated carbocycles. The fourth-order valence-electron chi connectivity index (χ4n) is 3.04. The Morgan fingerprint density at radius 1 is 1.19 bits per heavy atom. The molecule has 3 rings (SSSR count). The van der Waals surface area contributed by atoms with Crippen molar-refractivity contribution in [3.63, 3.8) is 0 Å². The smallest absolute Gasteiger partial charge is 0.283 e. The predicted molar refractivity (Wildman–Crippen MR) is 109 cm³/mol. The Bertz CT molecular complexity index is 1050. The Morgan fingerprint density at radius 3 is 2.59 bits per heavy atom. The van der Waals surface area contributed by atoms with Crippen LogP contribution >= 0.6 is 11.3 Å². The summed E-state index contributed by atoms with van der Waals surface area (Å²) in [7, 11) is 3.07. The molecule has 0 fully saturated rings. The number of para-hydroxylation sites is 1. The number of rotatable bonds is 5. The van der Waals surface area contributed by atoms with Gasteiger partial charge in [0.1, 0.15) is 0 Å². The number of hydrogen-bond donors (Lipinski definition) is 0. The number of hydrogen-bond acceptors (Lipinski definition) is 4. The van der Waals surface area contributed by atoms with Gasteiger partial charge in [-0.1, -0.05) is 37.3 Å². The van der Waals surface area contributed by atoms with Crippen molar-refractivity contribution in [2.75, 3.05) is 14.2 Å². The Morgan fingerprint density at radius 2 is 1.96 bits per heavy atom. The first-order valence-electron chi connectivity index (χ1n) is 8.93. The molecule has 0 bridgehead atoms. The lowest BCUT2D eigenvalue weighted by molar-refractivity contribution is 0.0994. The summed E-state index contributed by atoms with van der Waals surface area (Å²) in [5.41, 5.74) is 2.76. The Labute approximate surface area is 162 Å². The maximum Gasteiger partial charge on any atom is 0.283 e. The molecule has 0 unspecified atom stereocenters. The third-order valence-corrected chi connectivity index (χ3v) is 5.56. The molecule has 0 spiro atoms. The van der Waals surface area contributed by atoms with E-state index in [1.807, 2.05) is 0 Å². The number of carbonyl (C=O) groups excluding carboxylic acids is 1. The largest absolute Gasteiger partial charge is 0.493 e. The third kappa shape index (κ3) is 3.62. The SMILES string of the molecule is CCn1c(=NC(=O)c2cccc(OC)c2OC)sc2cc(C(C)C)ccc21. The number of aryl methyl sites for hydroxylation is 1. The van der Waals surface area contributed by atoms with Gasteiger partial charge in [-0.15, -0.1) is 0 Å². The molecule has 27 heavy (non-hydrogen) atoms. The lowest BCUT2D eigenvalue weighted by Gasteiger charge is -2.09. The van der Waals surface area contributed by atoms with Crippen LogP contribution in [0.15, 0.2) is 41.4 Å². The van der Waals surface area contributed by atoms with Crippen molar-refractivity contribution in [2.24, 2.45) is 4.99 Å². The monoisotopic (exact) mass is 384 g/mol. The third-order valence-electron chi connectivity index (χ3n) is 4.52. The minimum absolute atomic E-state index is 0.344. The van der Waals surface area contributed by atoms with Gasteiger partial charge in [0.25, 0.3) is 5.91 Å². The highest BCUT2D eigenvalue weighted by Crippen LogP contribution is 2.31. The Hall–Kier alpha value is -2.60. The van der Waals surface area contributed by atoms with E-state index in [-0.39, 0.29) is 5.91 Å². The van der Waals surface area contributed by atoms with Gasteiger partial charge >= 0.3 is 0 Å². The molecule has 142 valence electrons. The highest BCUT2D eigenvalue weighted by Gasteiger charge is 2.17. The second kappa shape index (κ2) is 7.96. The van der Waals surface area contributed by atoms with Crippen LogP contribution in [0.4, 0.5) is 0 Å². The van der Waals surface area contributed by atoms with Gasteiger partial charge in [-0.25, -0.2) is 0 Å². The van der Waals surface area contributed by atoms with E-state index in [1.54, 1.807) is 25.3 Å². The van der Waals surface area contributed by atoms with Gasteiger partial charge in [-0.05, 0) is 42.7 Å². The van der Waals surface area contributed by atoms with Gasteiger partial charge in [0, 0.05) is 6.54 Å². The molecule has 0 radical (unpaired) electrons. The summed E-state index contributed by atoms with van der Waals surface area (Å²) in [5.74, 6) is 1.03. The van der Waals surface area contributed by atoms with Crippen molar-refractivity contribution >= 4 is 27.5 Å². The molecular formula is C21H24N2O3S. The first-order valence-corrected chi connectivity index (χ1v) is 9.75. The van der Waals surface area contributed by atoms with Crippen molar-refractivity contribution < 1.29 is 14.3 Å². The van der Waals surface area contributed by atoms with Gasteiger partial charge in [0.2, 0.25) is 0 Å². The Balaban J connectivity index is 2.14. The quantitative estimate of drug-likeness (QED) is 0.646. The standard InChI is InChI=1S/C21H24N2O3S/c1-6-23-16-11-10-14(13(2)3)12-18(16)27-21(23)22-20(24)15-8-7-9-17(25-4)19(15)26-5/h7-13H,6H2,1-5H3. The molecule has 1 heterocycles. The lowest BCUT2D eigenvalue weighted by Crippen LogP contribution is -2.16. The van der Waals surface area contributed by atoms with Crippen LogP contribution in [-0.4, -0.2) is 24.7 Å². The zero-order chi connectivity index (χ0) is 19.6. The van der Waals surface area contributed by atoms with Crippen LogP contribution in [0.2, 0.25) is 0 Å². The summed E-state index contributed by atoms with van der Waals surface area (Å²) in [6.45, 7) is 7.14. The molecule has 2 aromatic carbocycles. The highest BCUT2D eigenvalue weighted by molar-refractivity contribution is 7.16. The number of aromatic nitrogens is 1. The minimum Gasteiger partial charge on any atom is -0.493 e. The van der Waals surface area contributed by atoms with Gasteiger partial charge < -0.3 is 14.0 Å². The minimum atomic E-state index is -0.344. The number of amides is 1. The lowest BCUT2D eigenvalue weighted by atomic mass is 10.0. The number of ether oxygens (including phenoxy) is 2. The van der Waals surface area contributed by atoms with E-state index in [0.29, 0.717) is 27.8 Å². The van der Waals surface area contributed by atoms with E-state index in [9.17, 15) is 4.79 Å². The topological polar surface area (TPSA) is 52.8 Å². The van der Waals surface area contributed by atoms with E-state index in [1.165, 1.54) is 24.0 Å². The summed E-state index contributed by atoms with van der Waals surface area (Å²) in [4.78, 5) is 18.0. The van der Waals surface area contributed by atoms with Crippen molar-refractivity contribution in [1.82, 2.24) is 4.57 Å². The average Bonchev–Trinajstić information content (AvgIpc) is 3.02. The van der Waals surface area contributed by atoms with Crippen molar-refractivity contribution in [1.29, 1.82) is 0 Å². The second-order valence-electron chi connectivity index (χ2n) is 6.47. The second-order valence-corrected chi connectivity index (χ2v) is 7.48. The molecule has 0 saturated heterocycles. The highest BCUT2D eigenvalue weighted by atomic mass is 32.1. The summed E-state index contributed by atoms with van der Waals surface area (Å²) in [5, 5.41) is 0. The van der Waals surface area contributed by atoms with Crippen LogP contribution in [0.25, 0.3) is 10.2 Å². The van der Waals surface area contributed by atoms with E-state index in [4.69, 9.17) is 9.47 Å². The van der Waals surface area contributed by atoms with Crippen LogP contribution in [0.5, 0.6) is 11.5 Å². The molecule has 0 N–H and O–H groups in total. The summed E-state index contributed by atoms with van der Waals surface area (Å²) < 4.78 is 13.9. The molecule has 5 nitrogen and oxygen atoms in total. The summed E-state index contributed by atoms with van der Waals surface area (Å²) in [6, 6.07) is 11.7.